The number of carbonyl (C=O) groups excluding carboxylic acids is 2. The molecule has 0 unspecified atom stereocenters. The molecule has 0 saturated carbocycles. The zero-order chi connectivity index (χ0) is 18.1. The van der Waals surface area contributed by atoms with Crippen LogP contribution in [-0.4, -0.2) is 53.3 Å². The second kappa shape index (κ2) is 6.85. The van der Waals surface area contributed by atoms with Gasteiger partial charge in [-0.25, -0.2) is 0 Å². The van der Waals surface area contributed by atoms with E-state index in [0.717, 1.165) is 31.7 Å². The van der Waals surface area contributed by atoms with Gasteiger partial charge >= 0.3 is 0 Å². The number of hydrogen-bond acceptors (Lipinski definition) is 4. The van der Waals surface area contributed by atoms with E-state index in [0.29, 0.717) is 6.54 Å². The summed E-state index contributed by atoms with van der Waals surface area (Å²) < 4.78 is 0. The molecule has 2 saturated heterocycles. The van der Waals surface area contributed by atoms with Crippen molar-refractivity contribution in [3.63, 3.8) is 0 Å². The van der Waals surface area contributed by atoms with Crippen LogP contribution in [0.4, 0.5) is 5.69 Å². The van der Waals surface area contributed by atoms with E-state index in [1.54, 1.807) is 18.3 Å². The van der Waals surface area contributed by atoms with Crippen LogP contribution in [0, 0.1) is 0 Å². The number of likely N-dealkylation sites (tertiary alicyclic amines) is 1. The fraction of sp³-hybridized carbons (Fsp3) is 0.400. The molecule has 6 heteroatoms. The first kappa shape index (κ1) is 17.2. The molecule has 3 heterocycles. The second-order valence-corrected chi connectivity index (χ2v) is 8.22. The molecule has 2 aliphatic heterocycles. The lowest BCUT2D eigenvalue weighted by Gasteiger charge is -2.48. The summed E-state index contributed by atoms with van der Waals surface area (Å²) in [4.78, 5) is 32.4. The number of nitrogens with zero attached hydrogens (tertiary/aromatic N) is 3. The molecule has 4 rings (SSSR count). The molecule has 1 aromatic carbocycles. The number of carbonyl (C=O) groups is 2. The Kier molecular flexibility index (Phi) is 4.54. The molecule has 2 aromatic rings. The predicted octanol–water partition coefficient (Wildman–Crippen LogP) is 2.59. The summed E-state index contributed by atoms with van der Waals surface area (Å²) in [6, 6.07) is 14.0. The molecule has 2 amide bonds. The van der Waals surface area contributed by atoms with E-state index < -0.39 is 0 Å². The highest BCUT2D eigenvalue weighted by atomic mass is 32.1. The van der Waals surface area contributed by atoms with Crippen molar-refractivity contribution in [1.82, 2.24) is 9.80 Å². The Morgan fingerprint density at radius 3 is 2.65 bits per heavy atom. The summed E-state index contributed by atoms with van der Waals surface area (Å²) in [5.74, 6) is -0.0160. The zero-order valence-corrected chi connectivity index (χ0v) is 15.7. The van der Waals surface area contributed by atoms with Gasteiger partial charge in [-0.1, -0.05) is 24.3 Å². The van der Waals surface area contributed by atoms with Crippen molar-refractivity contribution in [3.8, 4) is 0 Å². The lowest BCUT2D eigenvalue weighted by atomic mass is 9.91. The maximum atomic E-state index is 12.7. The van der Waals surface area contributed by atoms with Gasteiger partial charge in [-0.2, -0.15) is 0 Å². The van der Waals surface area contributed by atoms with E-state index in [1.165, 1.54) is 4.88 Å². The highest BCUT2D eigenvalue weighted by molar-refractivity contribution is 7.09. The van der Waals surface area contributed by atoms with Gasteiger partial charge in [0, 0.05) is 37.1 Å². The van der Waals surface area contributed by atoms with Crippen LogP contribution in [0.1, 0.15) is 18.2 Å². The van der Waals surface area contributed by atoms with Crippen LogP contribution in [0.5, 0.6) is 0 Å². The number of rotatable bonds is 3. The number of para-hydroxylation sites is 1. The molecule has 5 nitrogen and oxygen atoms in total. The van der Waals surface area contributed by atoms with E-state index in [1.807, 2.05) is 40.1 Å². The smallest absolute Gasteiger partial charge is 0.246 e. The standard InChI is InChI=1S/C20H23N3O2S/c1-16(24)23-13-19(25)22(17-6-3-2-4-7-17)15-20(23)9-10-21(14-20)12-18-8-5-11-26-18/h2-8,11H,9-10,12-15H2,1H3/t20-/m0/s1. The highest BCUT2D eigenvalue weighted by Crippen LogP contribution is 2.35. The molecule has 26 heavy (non-hydrogen) atoms. The molecular weight excluding hydrogens is 346 g/mol. The van der Waals surface area contributed by atoms with Crippen LogP contribution >= 0.6 is 11.3 Å². The van der Waals surface area contributed by atoms with Crippen molar-refractivity contribution in [2.24, 2.45) is 0 Å². The van der Waals surface area contributed by atoms with Crippen molar-refractivity contribution < 1.29 is 9.59 Å². The maximum Gasteiger partial charge on any atom is 0.246 e. The fourth-order valence-corrected chi connectivity index (χ4v) is 4.94. The number of thiophene rings is 1. The van der Waals surface area contributed by atoms with Gasteiger partial charge in [0.2, 0.25) is 11.8 Å². The molecule has 0 radical (unpaired) electrons. The van der Waals surface area contributed by atoms with Crippen LogP contribution in [0.3, 0.4) is 0 Å². The quantitative estimate of drug-likeness (QED) is 0.835. The van der Waals surface area contributed by atoms with Crippen LogP contribution in [0.2, 0.25) is 0 Å². The SMILES string of the molecule is CC(=O)N1CC(=O)N(c2ccccc2)C[C@@]12CCN(Cc1cccs1)C2. The number of piperazine rings is 1. The predicted molar refractivity (Wildman–Crippen MR) is 103 cm³/mol. The van der Waals surface area contributed by atoms with Crippen molar-refractivity contribution in [2.45, 2.75) is 25.4 Å². The zero-order valence-electron chi connectivity index (χ0n) is 14.9. The average molecular weight is 369 g/mol. The monoisotopic (exact) mass is 369 g/mol. The molecule has 0 aliphatic carbocycles. The fourth-order valence-electron chi connectivity index (χ4n) is 4.19. The minimum atomic E-state index is -0.299. The van der Waals surface area contributed by atoms with E-state index in [9.17, 15) is 9.59 Å². The number of anilines is 1. The third-order valence-electron chi connectivity index (χ3n) is 5.44. The topological polar surface area (TPSA) is 43.9 Å². The van der Waals surface area contributed by atoms with Crippen LogP contribution in [0.25, 0.3) is 0 Å². The van der Waals surface area contributed by atoms with Gasteiger partial charge in [-0.3, -0.25) is 14.5 Å². The third kappa shape index (κ3) is 3.15. The van der Waals surface area contributed by atoms with Gasteiger partial charge < -0.3 is 9.80 Å². The highest BCUT2D eigenvalue weighted by Gasteiger charge is 2.50. The number of hydrogen-bond donors (Lipinski definition) is 0. The van der Waals surface area contributed by atoms with E-state index in [4.69, 9.17) is 0 Å². The Morgan fingerprint density at radius 2 is 1.96 bits per heavy atom. The summed E-state index contributed by atoms with van der Waals surface area (Å²) >= 11 is 1.76. The van der Waals surface area contributed by atoms with Gasteiger partial charge in [0.05, 0.1) is 12.1 Å². The second-order valence-electron chi connectivity index (χ2n) is 7.18. The van der Waals surface area contributed by atoms with Crippen molar-refractivity contribution in [3.05, 3.63) is 52.7 Å². The molecule has 1 spiro atoms. The molecule has 2 aliphatic rings. The van der Waals surface area contributed by atoms with Crippen LogP contribution in [-0.2, 0) is 16.1 Å². The van der Waals surface area contributed by atoms with Crippen molar-refractivity contribution in [1.29, 1.82) is 0 Å². The Hall–Kier alpha value is -2.18. The largest absolute Gasteiger partial charge is 0.325 e. The summed E-state index contributed by atoms with van der Waals surface area (Å²) in [5, 5.41) is 2.10. The number of amides is 2. The number of benzene rings is 1. The van der Waals surface area contributed by atoms with Crippen molar-refractivity contribution >= 4 is 28.8 Å². The molecule has 1 aromatic heterocycles. The molecular formula is C20H23N3O2S. The Balaban J connectivity index is 1.59. The maximum absolute atomic E-state index is 12.7. The van der Waals surface area contributed by atoms with E-state index in [-0.39, 0.29) is 23.9 Å². The summed E-state index contributed by atoms with van der Waals surface area (Å²) in [6.45, 7) is 4.96. The molecule has 136 valence electrons. The summed E-state index contributed by atoms with van der Waals surface area (Å²) in [7, 11) is 0. The van der Waals surface area contributed by atoms with Gasteiger partial charge in [-0.05, 0) is 30.0 Å². The lowest BCUT2D eigenvalue weighted by Crippen LogP contribution is -2.66. The van der Waals surface area contributed by atoms with E-state index >= 15 is 0 Å². The van der Waals surface area contributed by atoms with Gasteiger partial charge in [0.25, 0.3) is 0 Å². The van der Waals surface area contributed by atoms with Crippen LogP contribution < -0.4 is 4.90 Å². The minimum absolute atomic E-state index is 0.00580. The Morgan fingerprint density at radius 1 is 1.15 bits per heavy atom. The van der Waals surface area contributed by atoms with Crippen LogP contribution in [0.15, 0.2) is 47.8 Å². The van der Waals surface area contributed by atoms with Gasteiger partial charge in [0.1, 0.15) is 6.54 Å². The van der Waals surface area contributed by atoms with Gasteiger partial charge in [0.15, 0.2) is 0 Å². The average Bonchev–Trinajstić information content (AvgIpc) is 3.28. The molecule has 0 N–H and O–H groups in total. The molecule has 1 atom stereocenters. The molecule has 2 fully saturated rings. The Bertz CT molecular complexity index is 793. The summed E-state index contributed by atoms with van der Waals surface area (Å²) in [6.07, 6.45) is 0.897. The normalized spacial score (nSPS) is 23.8. The third-order valence-corrected chi connectivity index (χ3v) is 6.30. The first-order valence-electron chi connectivity index (χ1n) is 8.96. The first-order valence-corrected chi connectivity index (χ1v) is 9.84. The van der Waals surface area contributed by atoms with E-state index in [2.05, 4.69) is 22.4 Å². The summed E-state index contributed by atoms with van der Waals surface area (Å²) in [5.41, 5.74) is 0.615. The first-order chi connectivity index (χ1) is 12.6. The Labute approximate surface area is 157 Å². The molecule has 0 bridgehead atoms. The van der Waals surface area contributed by atoms with Crippen molar-refractivity contribution in [2.75, 3.05) is 31.1 Å². The lowest BCUT2D eigenvalue weighted by molar-refractivity contribution is -0.142. The van der Waals surface area contributed by atoms with Gasteiger partial charge in [-0.15, -0.1) is 11.3 Å². The minimum Gasteiger partial charge on any atom is -0.325 e.